The van der Waals surface area contributed by atoms with Gasteiger partial charge in [0.25, 0.3) is 0 Å². The Bertz CT molecular complexity index is 540. The summed E-state index contributed by atoms with van der Waals surface area (Å²) in [7, 11) is 0. The van der Waals surface area contributed by atoms with Gasteiger partial charge in [0, 0.05) is 12.3 Å². The fraction of sp³-hybridized carbons (Fsp3) is 0.182. The van der Waals surface area contributed by atoms with Gasteiger partial charge in [0.2, 0.25) is 0 Å². The Hall–Kier alpha value is -2.17. The minimum atomic E-state index is -0.365. The summed E-state index contributed by atoms with van der Waals surface area (Å²) in [6, 6.07) is 7.42. The summed E-state index contributed by atoms with van der Waals surface area (Å²) in [5.41, 5.74) is 6.52. The van der Waals surface area contributed by atoms with Gasteiger partial charge in [-0.25, -0.2) is 9.97 Å². The number of anilines is 1. The Balaban J connectivity index is 2.38. The van der Waals surface area contributed by atoms with Crippen molar-refractivity contribution < 1.29 is 9.53 Å². The third-order valence-corrected chi connectivity index (χ3v) is 2.08. The molecule has 0 unspecified atom stereocenters. The first-order valence-electron chi connectivity index (χ1n) is 4.81. The van der Waals surface area contributed by atoms with Crippen molar-refractivity contribution in [2.45, 2.75) is 13.5 Å². The second-order valence-electron chi connectivity index (χ2n) is 3.32. The fourth-order valence-electron chi connectivity index (χ4n) is 1.38. The van der Waals surface area contributed by atoms with E-state index in [2.05, 4.69) is 9.97 Å². The molecule has 82 valence electrons. The zero-order valence-electron chi connectivity index (χ0n) is 8.80. The van der Waals surface area contributed by atoms with Crippen LogP contribution in [0, 0.1) is 0 Å². The molecule has 0 amide bonds. The first-order valence-corrected chi connectivity index (χ1v) is 4.81. The number of fused-ring (bicyclic) bond motifs is 1. The van der Waals surface area contributed by atoms with Crippen LogP contribution in [0.25, 0.3) is 10.9 Å². The summed E-state index contributed by atoms with van der Waals surface area (Å²) in [5, 5.41) is 0.800. The third-order valence-electron chi connectivity index (χ3n) is 2.08. The van der Waals surface area contributed by atoms with E-state index in [1.165, 1.54) is 6.92 Å². The van der Waals surface area contributed by atoms with Crippen LogP contribution in [0.15, 0.2) is 24.3 Å². The second-order valence-corrected chi connectivity index (χ2v) is 3.32. The summed E-state index contributed by atoms with van der Waals surface area (Å²) in [4.78, 5) is 19.0. The predicted molar refractivity (Wildman–Crippen MR) is 59.4 cm³/mol. The molecule has 16 heavy (non-hydrogen) atoms. The predicted octanol–water partition coefficient (Wildman–Crippen LogP) is 1.28. The number of nitrogens with two attached hydrogens (primary N) is 1. The highest BCUT2D eigenvalue weighted by atomic mass is 16.5. The lowest BCUT2D eigenvalue weighted by Crippen LogP contribution is -2.05. The van der Waals surface area contributed by atoms with Crippen LogP contribution in [0.5, 0.6) is 0 Å². The van der Waals surface area contributed by atoms with E-state index < -0.39 is 0 Å². The van der Waals surface area contributed by atoms with E-state index in [9.17, 15) is 4.79 Å². The van der Waals surface area contributed by atoms with Crippen molar-refractivity contribution in [1.82, 2.24) is 9.97 Å². The quantitative estimate of drug-likeness (QED) is 0.766. The minimum absolute atomic E-state index is 0.0460. The third kappa shape index (κ3) is 2.08. The molecule has 5 heteroatoms. The molecule has 0 radical (unpaired) electrons. The van der Waals surface area contributed by atoms with Crippen molar-refractivity contribution in [3.05, 3.63) is 30.1 Å². The van der Waals surface area contributed by atoms with Gasteiger partial charge >= 0.3 is 5.97 Å². The van der Waals surface area contributed by atoms with E-state index in [1.54, 1.807) is 0 Å². The van der Waals surface area contributed by atoms with Crippen LogP contribution in [0.3, 0.4) is 0 Å². The van der Waals surface area contributed by atoms with E-state index in [4.69, 9.17) is 10.5 Å². The SMILES string of the molecule is CC(=O)OCc1nc(N)c2ccccc2n1. The van der Waals surface area contributed by atoms with Crippen LogP contribution in [0.4, 0.5) is 5.82 Å². The van der Waals surface area contributed by atoms with Crippen molar-refractivity contribution in [3.8, 4) is 0 Å². The molecule has 2 aromatic rings. The lowest BCUT2D eigenvalue weighted by atomic mass is 10.2. The Labute approximate surface area is 92.3 Å². The molecule has 0 aliphatic rings. The molecule has 0 aliphatic heterocycles. The maximum atomic E-state index is 10.7. The monoisotopic (exact) mass is 217 g/mol. The molecule has 0 atom stereocenters. The number of aromatic nitrogens is 2. The molecule has 0 saturated heterocycles. The maximum absolute atomic E-state index is 10.7. The molecular formula is C11H11N3O2. The molecule has 1 aromatic carbocycles. The first kappa shape index (κ1) is 10.4. The topological polar surface area (TPSA) is 78.1 Å². The number of carbonyl (C=O) groups is 1. The van der Waals surface area contributed by atoms with Crippen LogP contribution in [0.1, 0.15) is 12.7 Å². The van der Waals surface area contributed by atoms with Crippen molar-refractivity contribution >= 4 is 22.7 Å². The van der Waals surface area contributed by atoms with Gasteiger partial charge in [-0.05, 0) is 12.1 Å². The average molecular weight is 217 g/mol. The maximum Gasteiger partial charge on any atom is 0.303 e. The molecular weight excluding hydrogens is 206 g/mol. The summed E-state index contributed by atoms with van der Waals surface area (Å²) < 4.78 is 4.81. The van der Waals surface area contributed by atoms with Crippen LogP contribution < -0.4 is 5.73 Å². The van der Waals surface area contributed by atoms with Crippen molar-refractivity contribution in [2.24, 2.45) is 0 Å². The molecule has 2 N–H and O–H groups in total. The van der Waals surface area contributed by atoms with E-state index >= 15 is 0 Å². The zero-order valence-corrected chi connectivity index (χ0v) is 8.80. The molecule has 1 heterocycles. The van der Waals surface area contributed by atoms with E-state index in [-0.39, 0.29) is 12.6 Å². The molecule has 1 aromatic heterocycles. The number of rotatable bonds is 2. The van der Waals surface area contributed by atoms with Gasteiger partial charge in [0.1, 0.15) is 5.82 Å². The van der Waals surface area contributed by atoms with Gasteiger partial charge < -0.3 is 10.5 Å². The highest BCUT2D eigenvalue weighted by molar-refractivity contribution is 5.87. The first-order chi connectivity index (χ1) is 7.66. The number of ether oxygens (including phenoxy) is 1. The second kappa shape index (κ2) is 4.14. The number of nitrogen functional groups attached to an aromatic ring is 1. The van der Waals surface area contributed by atoms with E-state index in [0.717, 1.165) is 10.9 Å². The fourth-order valence-corrected chi connectivity index (χ4v) is 1.38. The number of nitrogens with zero attached hydrogens (tertiary/aromatic N) is 2. The van der Waals surface area contributed by atoms with Gasteiger partial charge in [-0.3, -0.25) is 4.79 Å². The molecule has 0 fully saturated rings. The number of hydrogen-bond donors (Lipinski definition) is 1. The largest absolute Gasteiger partial charge is 0.458 e. The number of para-hydroxylation sites is 1. The number of carbonyl (C=O) groups excluding carboxylic acids is 1. The van der Waals surface area contributed by atoms with Crippen molar-refractivity contribution in [3.63, 3.8) is 0 Å². The lowest BCUT2D eigenvalue weighted by Gasteiger charge is -2.04. The molecule has 2 rings (SSSR count). The summed E-state index contributed by atoms with van der Waals surface area (Å²) in [6.07, 6.45) is 0. The van der Waals surface area contributed by atoms with Gasteiger partial charge in [0.15, 0.2) is 12.4 Å². The highest BCUT2D eigenvalue weighted by Gasteiger charge is 2.05. The highest BCUT2D eigenvalue weighted by Crippen LogP contribution is 2.17. The zero-order chi connectivity index (χ0) is 11.5. The lowest BCUT2D eigenvalue weighted by molar-refractivity contribution is -0.142. The van der Waals surface area contributed by atoms with Gasteiger partial charge in [-0.1, -0.05) is 12.1 Å². The van der Waals surface area contributed by atoms with Gasteiger partial charge in [-0.2, -0.15) is 0 Å². The molecule has 5 nitrogen and oxygen atoms in total. The average Bonchev–Trinajstić information content (AvgIpc) is 2.26. The summed E-state index contributed by atoms with van der Waals surface area (Å²) in [6.45, 7) is 1.38. The van der Waals surface area contributed by atoms with Crippen LogP contribution >= 0.6 is 0 Å². The number of hydrogen-bond acceptors (Lipinski definition) is 5. The van der Waals surface area contributed by atoms with Gasteiger partial charge in [0.05, 0.1) is 5.52 Å². The van der Waals surface area contributed by atoms with Crippen LogP contribution in [0.2, 0.25) is 0 Å². The Morgan fingerprint density at radius 2 is 2.12 bits per heavy atom. The Kier molecular flexibility index (Phi) is 2.68. The molecule has 0 aliphatic carbocycles. The van der Waals surface area contributed by atoms with Crippen molar-refractivity contribution in [1.29, 1.82) is 0 Å². The minimum Gasteiger partial charge on any atom is -0.458 e. The van der Waals surface area contributed by atoms with E-state index in [0.29, 0.717) is 11.6 Å². The number of esters is 1. The Morgan fingerprint density at radius 1 is 1.38 bits per heavy atom. The van der Waals surface area contributed by atoms with Gasteiger partial charge in [-0.15, -0.1) is 0 Å². The standard InChI is InChI=1S/C11H11N3O2/c1-7(15)16-6-10-13-9-5-3-2-4-8(9)11(12)14-10/h2-5H,6H2,1H3,(H2,12,13,14). The smallest absolute Gasteiger partial charge is 0.303 e. The van der Waals surface area contributed by atoms with Crippen molar-refractivity contribution in [2.75, 3.05) is 5.73 Å². The summed E-state index contributed by atoms with van der Waals surface area (Å²) >= 11 is 0. The van der Waals surface area contributed by atoms with Crippen LogP contribution in [-0.2, 0) is 16.1 Å². The molecule has 0 spiro atoms. The summed E-state index contributed by atoms with van der Waals surface area (Å²) in [5.74, 6) is 0.439. The molecule has 0 bridgehead atoms. The number of benzene rings is 1. The van der Waals surface area contributed by atoms with Crippen LogP contribution in [-0.4, -0.2) is 15.9 Å². The van der Waals surface area contributed by atoms with E-state index in [1.807, 2.05) is 24.3 Å². The Morgan fingerprint density at radius 3 is 2.88 bits per heavy atom. The molecule has 0 saturated carbocycles. The normalized spacial score (nSPS) is 10.3.